The van der Waals surface area contributed by atoms with Crippen LogP contribution in [0.25, 0.3) is 0 Å². The second kappa shape index (κ2) is 7.48. The lowest BCUT2D eigenvalue weighted by atomic mass is 10.0. The van der Waals surface area contributed by atoms with Gasteiger partial charge >= 0.3 is 0 Å². The molecule has 19 heavy (non-hydrogen) atoms. The molecule has 5 heteroatoms. The van der Waals surface area contributed by atoms with E-state index in [1.807, 2.05) is 11.8 Å². The lowest BCUT2D eigenvalue weighted by Crippen LogP contribution is -2.51. The lowest BCUT2D eigenvalue weighted by molar-refractivity contribution is -0.134. The van der Waals surface area contributed by atoms with Crippen LogP contribution in [0, 0.1) is 5.92 Å². The van der Waals surface area contributed by atoms with Gasteiger partial charge in [0.05, 0.1) is 6.04 Å². The molecule has 1 fully saturated rings. The van der Waals surface area contributed by atoms with Crippen LogP contribution >= 0.6 is 0 Å². The molecule has 1 heterocycles. The smallest absolute Gasteiger partial charge is 0.239 e. The van der Waals surface area contributed by atoms with Gasteiger partial charge in [-0.3, -0.25) is 9.59 Å². The normalized spacial score (nSPS) is 18.5. The van der Waals surface area contributed by atoms with Crippen molar-refractivity contribution in [2.45, 2.75) is 58.5 Å². The van der Waals surface area contributed by atoms with Gasteiger partial charge in [0.25, 0.3) is 0 Å². The number of hydrogen-bond acceptors (Lipinski definition) is 3. The Bertz CT molecular complexity index is 310. The third kappa shape index (κ3) is 5.19. The van der Waals surface area contributed by atoms with Crippen molar-refractivity contribution in [2.24, 2.45) is 11.7 Å². The first-order chi connectivity index (χ1) is 8.93. The number of carbonyl (C=O) groups excluding carboxylic acids is 2. The molecule has 0 unspecified atom stereocenters. The summed E-state index contributed by atoms with van der Waals surface area (Å²) in [5.41, 5.74) is 5.92. The maximum atomic E-state index is 12.1. The summed E-state index contributed by atoms with van der Waals surface area (Å²) in [6.07, 6.45) is 2.89. The third-order valence-corrected chi connectivity index (χ3v) is 3.54. The topological polar surface area (TPSA) is 75.4 Å². The van der Waals surface area contributed by atoms with E-state index in [0.29, 0.717) is 25.4 Å². The molecule has 5 nitrogen and oxygen atoms in total. The van der Waals surface area contributed by atoms with Crippen LogP contribution in [-0.4, -0.2) is 41.9 Å². The maximum absolute atomic E-state index is 12.1. The Morgan fingerprint density at radius 2 is 1.89 bits per heavy atom. The first-order valence-electron chi connectivity index (χ1n) is 7.27. The number of nitrogens with one attached hydrogen (secondary N) is 1. The Kier molecular flexibility index (Phi) is 6.28. The summed E-state index contributed by atoms with van der Waals surface area (Å²) in [7, 11) is 0. The molecule has 3 N–H and O–H groups in total. The average Bonchev–Trinajstić information content (AvgIpc) is 2.37. The second-order valence-corrected chi connectivity index (χ2v) is 5.76. The summed E-state index contributed by atoms with van der Waals surface area (Å²) < 4.78 is 0. The van der Waals surface area contributed by atoms with Gasteiger partial charge in [-0.05, 0) is 25.2 Å². The van der Waals surface area contributed by atoms with E-state index < -0.39 is 0 Å². The first kappa shape index (κ1) is 16.0. The minimum atomic E-state index is -0.387. The predicted molar refractivity (Wildman–Crippen MR) is 75.5 cm³/mol. The van der Waals surface area contributed by atoms with Crippen molar-refractivity contribution in [2.75, 3.05) is 13.1 Å². The zero-order valence-electron chi connectivity index (χ0n) is 12.3. The summed E-state index contributed by atoms with van der Waals surface area (Å²) in [5.74, 6) is 0.565. The predicted octanol–water partition coefficient (Wildman–Crippen LogP) is 0.877. The number of piperidine rings is 1. The molecule has 0 aromatic rings. The largest absolute Gasteiger partial charge is 0.353 e. The maximum Gasteiger partial charge on any atom is 0.239 e. The fourth-order valence-corrected chi connectivity index (χ4v) is 2.42. The average molecular weight is 269 g/mol. The number of nitrogens with two attached hydrogens (primary N) is 1. The molecule has 0 aromatic heterocycles. The summed E-state index contributed by atoms with van der Waals surface area (Å²) >= 11 is 0. The van der Waals surface area contributed by atoms with Crippen molar-refractivity contribution < 1.29 is 9.59 Å². The van der Waals surface area contributed by atoms with Crippen molar-refractivity contribution in [1.29, 1.82) is 0 Å². The number of rotatable bonds is 5. The Morgan fingerprint density at radius 3 is 2.37 bits per heavy atom. The summed E-state index contributed by atoms with van der Waals surface area (Å²) in [6.45, 7) is 7.37. The molecule has 1 atom stereocenters. The van der Waals surface area contributed by atoms with Crippen LogP contribution in [0.5, 0.6) is 0 Å². The molecular weight excluding hydrogens is 242 g/mol. The number of likely N-dealkylation sites (tertiary alicyclic amines) is 1. The molecule has 0 bridgehead atoms. The fraction of sp³-hybridized carbons (Fsp3) is 0.857. The van der Waals surface area contributed by atoms with Gasteiger partial charge in [0.15, 0.2) is 0 Å². The van der Waals surface area contributed by atoms with Gasteiger partial charge in [-0.2, -0.15) is 0 Å². The van der Waals surface area contributed by atoms with E-state index in [0.717, 1.165) is 19.3 Å². The number of carbonyl (C=O) groups is 2. The van der Waals surface area contributed by atoms with E-state index in [-0.39, 0.29) is 23.9 Å². The monoisotopic (exact) mass is 269 g/mol. The van der Waals surface area contributed by atoms with Crippen LogP contribution < -0.4 is 11.1 Å². The van der Waals surface area contributed by atoms with Gasteiger partial charge in [-0.1, -0.05) is 20.8 Å². The highest BCUT2D eigenvalue weighted by Gasteiger charge is 2.26. The van der Waals surface area contributed by atoms with E-state index >= 15 is 0 Å². The molecule has 1 aliphatic rings. The van der Waals surface area contributed by atoms with Crippen LogP contribution in [-0.2, 0) is 9.59 Å². The van der Waals surface area contributed by atoms with Gasteiger partial charge in [-0.25, -0.2) is 0 Å². The minimum absolute atomic E-state index is 0.0500. The van der Waals surface area contributed by atoms with Crippen molar-refractivity contribution in [3.05, 3.63) is 0 Å². The van der Waals surface area contributed by atoms with Gasteiger partial charge < -0.3 is 16.0 Å². The quantitative estimate of drug-likeness (QED) is 0.778. The summed E-state index contributed by atoms with van der Waals surface area (Å²) in [4.78, 5) is 25.3. The Morgan fingerprint density at radius 1 is 1.32 bits per heavy atom. The third-order valence-electron chi connectivity index (χ3n) is 3.54. The number of nitrogens with zero attached hydrogens (tertiary/aromatic N) is 1. The van der Waals surface area contributed by atoms with Crippen molar-refractivity contribution in [1.82, 2.24) is 10.2 Å². The highest BCUT2D eigenvalue weighted by molar-refractivity contribution is 5.81. The zero-order chi connectivity index (χ0) is 14.4. The lowest BCUT2D eigenvalue weighted by Gasteiger charge is -2.34. The highest BCUT2D eigenvalue weighted by Crippen LogP contribution is 2.13. The molecule has 0 radical (unpaired) electrons. The van der Waals surface area contributed by atoms with Crippen LogP contribution in [0.15, 0.2) is 0 Å². The highest BCUT2D eigenvalue weighted by atomic mass is 16.2. The molecule has 110 valence electrons. The Hall–Kier alpha value is -1.10. The number of amides is 2. The van der Waals surface area contributed by atoms with E-state index in [4.69, 9.17) is 5.73 Å². The SMILES string of the molecule is CCC(=O)NC1CCN(C(=O)[C@@H](N)CC(C)C)CC1. The van der Waals surface area contributed by atoms with Crippen molar-refractivity contribution >= 4 is 11.8 Å². The van der Waals surface area contributed by atoms with Gasteiger partial charge in [0.1, 0.15) is 0 Å². The van der Waals surface area contributed by atoms with Crippen molar-refractivity contribution in [3.8, 4) is 0 Å². The van der Waals surface area contributed by atoms with E-state index in [1.54, 1.807) is 0 Å². The van der Waals surface area contributed by atoms with Crippen LogP contribution in [0.1, 0.15) is 46.5 Å². The molecule has 0 aliphatic carbocycles. The Labute approximate surface area is 115 Å². The van der Waals surface area contributed by atoms with Crippen LogP contribution in [0.2, 0.25) is 0 Å². The van der Waals surface area contributed by atoms with Gasteiger partial charge in [0, 0.05) is 25.6 Å². The van der Waals surface area contributed by atoms with Gasteiger partial charge in [-0.15, -0.1) is 0 Å². The fourth-order valence-electron chi connectivity index (χ4n) is 2.42. The number of hydrogen-bond donors (Lipinski definition) is 2. The van der Waals surface area contributed by atoms with Crippen LogP contribution in [0.3, 0.4) is 0 Å². The van der Waals surface area contributed by atoms with Crippen LogP contribution in [0.4, 0.5) is 0 Å². The standard InChI is InChI=1S/C14H27N3O2/c1-4-13(18)16-11-5-7-17(8-6-11)14(19)12(15)9-10(2)3/h10-12H,4-9,15H2,1-3H3,(H,16,18)/t12-/m0/s1. The molecule has 0 aromatic carbocycles. The molecule has 0 spiro atoms. The molecule has 1 rings (SSSR count). The first-order valence-corrected chi connectivity index (χ1v) is 7.27. The van der Waals surface area contributed by atoms with E-state index in [9.17, 15) is 9.59 Å². The molecule has 0 saturated carbocycles. The van der Waals surface area contributed by atoms with Crippen molar-refractivity contribution in [3.63, 3.8) is 0 Å². The zero-order valence-corrected chi connectivity index (χ0v) is 12.3. The van der Waals surface area contributed by atoms with E-state index in [2.05, 4.69) is 19.2 Å². The molecule has 1 aliphatic heterocycles. The minimum Gasteiger partial charge on any atom is -0.353 e. The summed E-state index contributed by atoms with van der Waals surface area (Å²) in [5, 5.41) is 2.98. The summed E-state index contributed by atoms with van der Waals surface area (Å²) in [6, 6.07) is -0.181. The van der Waals surface area contributed by atoms with E-state index in [1.165, 1.54) is 0 Å². The Balaban J connectivity index is 2.36. The van der Waals surface area contributed by atoms with Gasteiger partial charge in [0.2, 0.25) is 11.8 Å². The molecular formula is C14H27N3O2. The molecule has 1 saturated heterocycles. The molecule has 2 amide bonds. The second-order valence-electron chi connectivity index (χ2n) is 5.76.